The topological polar surface area (TPSA) is 51.5 Å². The van der Waals surface area contributed by atoms with E-state index in [0.29, 0.717) is 22.8 Å². The van der Waals surface area contributed by atoms with E-state index in [1.165, 1.54) is 0 Å². The molecular weight excluding hydrogens is 314 g/mol. The van der Waals surface area contributed by atoms with E-state index in [1.807, 2.05) is 54.6 Å². The van der Waals surface area contributed by atoms with Crippen LogP contribution in [0, 0.1) is 11.3 Å². The van der Waals surface area contributed by atoms with Crippen LogP contribution in [0.2, 0.25) is 0 Å². The third-order valence-electron chi connectivity index (χ3n) is 4.17. The van der Waals surface area contributed by atoms with Crippen LogP contribution < -0.4 is 14.2 Å². The Kier molecular flexibility index (Phi) is 3.75. The summed E-state index contributed by atoms with van der Waals surface area (Å²) in [5.41, 5.74) is 2.27. The van der Waals surface area contributed by atoms with E-state index in [2.05, 4.69) is 12.1 Å². The van der Waals surface area contributed by atoms with E-state index in [4.69, 9.17) is 14.2 Å². The zero-order chi connectivity index (χ0) is 17.2. The molecule has 1 aliphatic rings. The number of nitriles is 1. The molecular formula is C21H15NO3. The van der Waals surface area contributed by atoms with Crippen molar-refractivity contribution in [3.8, 4) is 23.3 Å². The molecule has 0 atom stereocenters. The van der Waals surface area contributed by atoms with Gasteiger partial charge >= 0.3 is 0 Å². The number of hydrogen-bond acceptors (Lipinski definition) is 4. The first kappa shape index (κ1) is 15.1. The van der Waals surface area contributed by atoms with Gasteiger partial charge in [0.15, 0.2) is 11.5 Å². The lowest BCUT2D eigenvalue weighted by atomic mass is 10.00. The van der Waals surface area contributed by atoms with Gasteiger partial charge in [-0.2, -0.15) is 5.26 Å². The second kappa shape index (κ2) is 6.21. The molecule has 0 saturated heterocycles. The largest absolute Gasteiger partial charge is 0.493 e. The molecule has 3 aromatic rings. The van der Waals surface area contributed by atoms with E-state index in [9.17, 15) is 5.26 Å². The Morgan fingerprint density at radius 3 is 2.72 bits per heavy atom. The summed E-state index contributed by atoms with van der Waals surface area (Å²) in [6.45, 7) is 0.175. The predicted octanol–water partition coefficient (Wildman–Crippen LogP) is 4.64. The van der Waals surface area contributed by atoms with Gasteiger partial charge in [0.25, 0.3) is 0 Å². The highest BCUT2D eigenvalue weighted by atomic mass is 16.7. The third kappa shape index (κ3) is 2.77. The molecule has 4 nitrogen and oxygen atoms in total. The van der Waals surface area contributed by atoms with Crippen molar-refractivity contribution in [1.82, 2.24) is 0 Å². The van der Waals surface area contributed by atoms with Crippen LogP contribution in [0.4, 0.5) is 0 Å². The minimum absolute atomic E-state index is 0.175. The van der Waals surface area contributed by atoms with Gasteiger partial charge in [-0.15, -0.1) is 0 Å². The van der Waals surface area contributed by atoms with Gasteiger partial charge in [0.1, 0.15) is 0 Å². The van der Waals surface area contributed by atoms with Crippen molar-refractivity contribution in [2.45, 2.75) is 0 Å². The SMILES string of the molecule is COc1cc(/C=C(/C#N)c2ccc3ccccc3c2)cc2c1OCO2. The molecule has 3 aromatic carbocycles. The van der Waals surface area contributed by atoms with Crippen molar-refractivity contribution in [3.05, 3.63) is 65.7 Å². The molecule has 0 saturated carbocycles. The number of fused-ring (bicyclic) bond motifs is 2. The number of ether oxygens (including phenoxy) is 3. The van der Waals surface area contributed by atoms with Crippen molar-refractivity contribution in [1.29, 1.82) is 5.26 Å². The Morgan fingerprint density at radius 1 is 1.08 bits per heavy atom. The second-order valence-electron chi connectivity index (χ2n) is 5.69. The van der Waals surface area contributed by atoms with Gasteiger partial charge in [-0.3, -0.25) is 0 Å². The van der Waals surface area contributed by atoms with Crippen LogP contribution in [-0.2, 0) is 0 Å². The molecule has 122 valence electrons. The van der Waals surface area contributed by atoms with Crippen LogP contribution >= 0.6 is 0 Å². The van der Waals surface area contributed by atoms with Gasteiger partial charge in [0.05, 0.1) is 18.8 Å². The molecule has 4 rings (SSSR count). The lowest BCUT2D eigenvalue weighted by Gasteiger charge is -2.07. The molecule has 0 radical (unpaired) electrons. The molecule has 0 bridgehead atoms. The molecule has 1 heterocycles. The van der Waals surface area contributed by atoms with Crippen molar-refractivity contribution < 1.29 is 14.2 Å². The maximum absolute atomic E-state index is 9.63. The average Bonchev–Trinajstić information content (AvgIpc) is 3.13. The molecule has 0 fully saturated rings. The van der Waals surface area contributed by atoms with Gasteiger partial charge in [0.2, 0.25) is 12.5 Å². The van der Waals surface area contributed by atoms with E-state index in [-0.39, 0.29) is 6.79 Å². The Morgan fingerprint density at radius 2 is 1.92 bits per heavy atom. The van der Waals surface area contributed by atoms with Gasteiger partial charge in [-0.1, -0.05) is 36.4 Å². The Bertz CT molecular complexity index is 1030. The summed E-state index contributed by atoms with van der Waals surface area (Å²) >= 11 is 0. The van der Waals surface area contributed by atoms with Crippen LogP contribution in [-0.4, -0.2) is 13.9 Å². The van der Waals surface area contributed by atoms with Crippen molar-refractivity contribution in [2.75, 3.05) is 13.9 Å². The zero-order valence-corrected chi connectivity index (χ0v) is 13.7. The number of rotatable bonds is 3. The number of allylic oxidation sites excluding steroid dienone is 1. The maximum atomic E-state index is 9.63. The highest BCUT2D eigenvalue weighted by Crippen LogP contribution is 2.42. The first-order valence-corrected chi connectivity index (χ1v) is 7.87. The van der Waals surface area contributed by atoms with Gasteiger partial charge in [-0.25, -0.2) is 0 Å². The zero-order valence-electron chi connectivity index (χ0n) is 13.7. The van der Waals surface area contributed by atoms with E-state index in [0.717, 1.165) is 21.9 Å². The molecule has 0 spiro atoms. The first-order chi connectivity index (χ1) is 12.3. The Balaban J connectivity index is 1.79. The maximum Gasteiger partial charge on any atom is 0.231 e. The van der Waals surface area contributed by atoms with Crippen LogP contribution in [0.1, 0.15) is 11.1 Å². The molecule has 25 heavy (non-hydrogen) atoms. The molecule has 0 amide bonds. The summed E-state index contributed by atoms with van der Waals surface area (Å²) in [5, 5.41) is 11.9. The molecule has 0 aromatic heterocycles. The van der Waals surface area contributed by atoms with Crippen LogP contribution in [0.15, 0.2) is 54.6 Å². The van der Waals surface area contributed by atoms with Crippen LogP contribution in [0.25, 0.3) is 22.4 Å². The van der Waals surface area contributed by atoms with Gasteiger partial charge < -0.3 is 14.2 Å². The lowest BCUT2D eigenvalue weighted by molar-refractivity contribution is 0.171. The van der Waals surface area contributed by atoms with E-state index >= 15 is 0 Å². The number of benzene rings is 3. The lowest BCUT2D eigenvalue weighted by Crippen LogP contribution is -1.93. The third-order valence-corrected chi connectivity index (χ3v) is 4.17. The fourth-order valence-electron chi connectivity index (χ4n) is 2.94. The molecule has 1 aliphatic heterocycles. The summed E-state index contributed by atoms with van der Waals surface area (Å²) in [5.74, 6) is 1.82. The minimum atomic E-state index is 0.175. The van der Waals surface area contributed by atoms with Crippen LogP contribution in [0.3, 0.4) is 0 Å². The summed E-state index contributed by atoms with van der Waals surface area (Å²) in [7, 11) is 1.58. The summed E-state index contributed by atoms with van der Waals surface area (Å²) < 4.78 is 16.2. The van der Waals surface area contributed by atoms with Crippen LogP contribution in [0.5, 0.6) is 17.2 Å². The Labute approximate surface area is 145 Å². The monoisotopic (exact) mass is 329 g/mol. The molecule has 0 aliphatic carbocycles. The highest BCUT2D eigenvalue weighted by Gasteiger charge is 2.19. The van der Waals surface area contributed by atoms with Gasteiger partial charge in [-0.05, 0) is 46.2 Å². The van der Waals surface area contributed by atoms with Crippen molar-refractivity contribution in [2.24, 2.45) is 0 Å². The fraction of sp³-hybridized carbons (Fsp3) is 0.0952. The van der Waals surface area contributed by atoms with E-state index in [1.54, 1.807) is 7.11 Å². The normalized spacial score (nSPS) is 12.9. The molecule has 0 unspecified atom stereocenters. The highest BCUT2D eigenvalue weighted by molar-refractivity contribution is 5.94. The Hall–Kier alpha value is -3.45. The fourth-order valence-corrected chi connectivity index (χ4v) is 2.94. The summed E-state index contributed by atoms with van der Waals surface area (Å²) in [4.78, 5) is 0. The summed E-state index contributed by atoms with van der Waals surface area (Å²) in [6, 6.07) is 20.1. The second-order valence-corrected chi connectivity index (χ2v) is 5.69. The minimum Gasteiger partial charge on any atom is -0.493 e. The molecule has 0 N–H and O–H groups in total. The van der Waals surface area contributed by atoms with Gasteiger partial charge in [0, 0.05) is 0 Å². The smallest absolute Gasteiger partial charge is 0.231 e. The predicted molar refractivity (Wildman–Crippen MR) is 96.5 cm³/mol. The number of nitrogens with zero attached hydrogens (tertiary/aromatic N) is 1. The molecule has 4 heteroatoms. The standard InChI is InChI=1S/C21H15NO3/c1-23-19-9-14(10-20-21(19)25-13-24-20)8-18(12-22)17-7-6-15-4-2-3-5-16(15)11-17/h2-11H,13H2,1H3/b18-8-. The summed E-state index contributed by atoms with van der Waals surface area (Å²) in [6.07, 6.45) is 1.83. The first-order valence-electron chi connectivity index (χ1n) is 7.87. The average molecular weight is 329 g/mol. The van der Waals surface area contributed by atoms with E-state index < -0.39 is 0 Å². The quantitative estimate of drug-likeness (QED) is 0.519. The number of hydrogen-bond donors (Lipinski definition) is 0. The van der Waals surface area contributed by atoms with Crippen molar-refractivity contribution in [3.63, 3.8) is 0 Å². The number of methoxy groups -OCH3 is 1. The van der Waals surface area contributed by atoms with Crippen molar-refractivity contribution >= 4 is 22.4 Å².